The Morgan fingerprint density at radius 1 is 1.07 bits per heavy atom. The molecule has 7 nitrogen and oxygen atoms in total. The van der Waals surface area contributed by atoms with Crippen LogP contribution in [0.2, 0.25) is 0 Å². The second-order valence-corrected chi connectivity index (χ2v) is 14.2. The number of carbonyl (C=O) groups excluding carboxylic acids is 1. The van der Waals surface area contributed by atoms with Crippen molar-refractivity contribution in [1.29, 1.82) is 0 Å². The van der Waals surface area contributed by atoms with Crippen molar-refractivity contribution in [3.8, 4) is 5.75 Å². The van der Waals surface area contributed by atoms with E-state index in [1.165, 1.54) is 5.56 Å². The summed E-state index contributed by atoms with van der Waals surface area (Å²) in [6.07, 6.45) is 2.60. The number of carboxylic acids is 1. The van der Waals surface area contributed by atoms with Crippen LogP contribution in [0.25, 0.3) is 0 Å². The van der Waals surface area contributed by atoms with Crippen LogP contribution in [-0.4, -0.2) is 53.8 Å². The number of amides is 1. The fourth-order valence-electron chi connectivity index (χ4n) is 6.89. The third-order valence-corrected chi connectivity index (χ3v) is 9.15. The number of ether oxygens (including phenoxy) is 2. The lowest BCUT2D eigenvalue weighted by Crippen LogP contribution is -2.50. The molecular formula is C35H50N2O5. The summed E-state index contributed by atoms with van der Waals surface area (Å²) in [5.74, 6) is -1.16. The van der Waals surface area contributed by atoms with Gasteiger partial charge in [-0.15, -0.1) is 0 Å². The van der Waals surface area contributed by atoms with Gasteiger partial charge in [-0.25, -0.2) is 4.79 Å². The first-order valence-corrected chi connectivity index (χ1v) is 15.4. The molecule has 0 bridgehead atoms. The molecule has 7 heteroatoms. The van der Waals surface area contributed by atoms with Crippen molar-refractivity contribution in [2.75, 3.05) is 13.7 Å². The summed E-state index contributed by atoms with van der Waals surface area (Å²) in [5, 5.41) is 14.5. The van der Waals surface area contributed by atoms with Gasteiger partial charge in [0.05, 0.1) is 25.2 Å². The zero-order chi connectivity index (χ0) is 30.8. The van der Waals surface area contributed by atoms with Gasteiger partial charge in [0.15, 0.2) is 0 Å². The van der Waals surface area contributed by atoms with E-state index < -0.39 is 29.4 Å². The van der Waals surface area contributed by atoms with E-state index in [0.29, 0.717) is 13.2 Å². The summed E-state index contributed by atoms with van der Waals surface area (Å²) in [6.45, 7) is 15.8. The molecule has 2 aromatic rings. The Bertz CT molecular complexity index is 1230. The van der Waals surface area contributed by atoms with E-state index in [0.717, 1.165) is 36.1 Å². The second kappa shape index (κ2) is 12.8. The summed E-state index contributed by atoms with van der Waals surface area (Å²) >= 11 is 0. The molecule has 0 aromatic heterocycles. The molecule has 0 aliphatic carbocycles. The van der Waals surface area contributed by atoms with Gasteiger partial charge in [-0.05, 0) is 47.3 Å². The minimum Gasteiger partial charge on any atom is -0.496 e. The van der Waals surface area contributed by atoms with Crippen molar-refractivity contribution < 1.29 is 24.2 Å². The van der Waals surface area contributed by atoms with E-state index >= 15 is 0 Å². The third-order valence-electron chi connectivity index (χ3n) is 9.15. The topological polar surface area (TPSA) is 88.1 Å². The van der Waals surface area contributed by atoms with Crippen molar-refractivity contribution in [2.24, 2.45) is 17.3 Å². The van der Waals surface area contributed by atoms with Gasteiger partial charge in [-0.2, -0.15) is 0 Å². The molecule has 4 rings (SSSR count). The molecule has 2 N–H and O–H groups in total. The standard InChI is InChI=1S/C35H50N2O5/c1-22(26-16-12-13-19-42-26)32(38)37-30(23-14-10-9-11-15-23)29(28(35(5,6)7)31(37)33(39)40)36-21-24-20-25(34(2,3)4)17-18-27(24)41-8/h9-11,14-15,17-18,20,22,26,28-31,36H,12-13,16,19,21H2,1-8H3,(H,39,40)/t22?,26?,28-,29-,30-,31-/m0/s1. The van der Waals surface area contributed by atoms with Crippen LogP contribution in [0.5, 0.6) is 5.75 Å². The Kier molecular flexibility index (Phi) is 9.73. The molecule has 0 radical (unpaired) electrons. The van der Waals surface area contributed by atoms with E-state index in [1.54, 1.807) is 12.0 Å². The van der Waals surface area contributed by atoms with Crippen molar-refractivity contribution >= 4 is 11.9 Å². The minimum absolute atomic E-state index is 0.0378. The van der Waals surface area contributed by atoms with Crippen LogP contribution in [0.1, 0.15) is 90.5 Å². The maximum Gasteiger partial charge on any atom is 0.326 e. The van der Waals surface area contributed by atoms with Gasteiger partial charge in [0.2, 0.25) is 5.91 Å². The first-order valence-electron chi connectivity index (χ1n) is 15.4. The van der Waals surface area contributed by atoms with Crippen LogP contribution in [0.4, 0.5) is 0 Å². The second-order valence-electron chi connectivity index (χ2n) is 14.2. The minimum atomic E-state index is -0.992. The van der Waals surface area contributed by atoms with Gasteiger partial charge in [-0.3, -0.25) is 4.79 Å². The number of likely N-dealkylation sites (tertiary alicyclic amines) is 1. The van der Waals surface area contributed by atoms with Crippen LogP contribution >= 0.6 is 0 Å². The Labute approximate surface area is 252 Å². The van der Waals surface area contributed by atoms with E-state index in [4.69, 9.17) is 9.47 Å². The zero-order valence-corrected chi connectivity index (χ0v) is 26.6. The molecule has 6 atom stereocenters. The molecule has 2 saturated heterocycles. The Balaban J connectivity index is 1.80. The van der Waals surface area contributed by atoms with Gasteiger partial charge in [0, 0.05) is 30.7 Å². The predicted molar refractivity (Wildman–Crippen MR) is 165 cm³/mol. The number of hydrogen-bond donors (Lipinski definition) is 2. The van der Waals surface area contributed by atoms with E-state index in [1.807, 2.05) is 43.3 Å². The summed E-state index contributed by atoms with van der Waals surface area (Å²) in [7, 11) is 1.67. The smallest absolute Gasteiger partial charge is 0.326 e. The van der Waals surface area contributed by atoms with Gasteiger partial charge >= 0.3 is 5.97 Å². The number of methoxy groups -OCH3 is 1. The highest BCUT2D eigenvalue weighted by molar-refractivity contribution is 5.87. The number of carboxylic acid groups (broad SMARTS) is 1. The Hall–Kier alpha value is -2.90. The molecule has 1 amide bonds. The van der Waals surface area contributed by atoms with Crippen molar-refractivity contribution in [2.45, 2.75) is 104 Å². The molecular weight excluding hydrogens is 528 g/mol. The lowest BCUT2D eigenvalue weighted by atomic mass is 9.72. The molecule has 2 aliphatic rings. The highest BCUT2D eigenvalue weighted by Gasteiger charge is 2.58. The fraction of sp³-hybridized carbons (Fsp3) is 0.600. The van der Waals surface area contributed by atoms with Crippen molar-refractivity contribution in [3.63, 3.8) is 0 Å². The lowest BCUT2D eigenvalue weighted by Gasteiger charge is -2.36. The number of benzene rings is 2. The largest absolute Gasteiger partial charge is 0.496 e. The number of nitrogens with one attached hydrogen (secondary N) is 1. The van der Waals surface area contributed by atoms with E-state index in [2.05, 4.69) is 59.0 Å². The summed E-state index contributed by atoms with van der Waals surface area (Å²) in [4.78, 5) is 29.3. The Morgan fingerprint density at radius 3 is 2.31 bits per heavy atom. The monoisotopic (exact) mass is 578 g/mol. The van der Waals surface area contributed by atoms with Crippen molar-refractivity contribution in [1.82, 2.24) is 10.2 Å². The van der Waals surface area contributed by atoms with Gasteiger partial charge in [0.25, 0.3) is 0 Å². The van der Waals surface area contributed by atoms with E-state index in [-0.39, 0.29) is 29.4 Å². The molecule has 0 spiro atoms. The maximum absolute atomic E-state index is 14.4. The van der Waals surface area contributed by atoms with Crippen LogP contribution in [0.15, 0.2) is 48.5 Å². The van der Waals surface area contributed by atoms with Crippen LogP contribution in [0.3, 0.4) is 0 Å². The zero-order valence-electron chi connectivity index (χ0n) is 26.6. The summed E-state index contributed by atoms with van der Waals surface area (Å²) < 4.78 is 11.8. The molecule has 0 saturated carbocycles. The maximum atomic E-state index is 14.4. The quantitative estimate of drug-likeness (QED) is 0.379. The summed E-state index contributed by atoms with van der Waals surface area (Å²) in [5.41, 5.74) is 2.67. The lowest BCUT2D eigenvalue weighted by molar-refractivity contribution is -0.157. The first-order chi connectivity index (χ1) is 19.8. The first kappa shape index (κ1) is 32.0. The highest BCUT2D eigenvalue weighted by Crippen LogP contribution is 2.49. The van der Waals surface area contributed by atoms with Gasteiger partial charge < -0.3 is 24.8 Å². The van der Waals surface area contributed by atoms with Crippen LogP contribution < -0.4 is 10.1 Å². The average molecular weight is 579 g/mol. The number of carbonyl (C=O) groups is 2. The average Bonchev–Trinajstić information content (AvgIpc) is 3.31. The SMILES string of the molecule is COc1ccc(C(C)(C)C)cc1CN[C@H]1[C@H](C(C)(C)C)[C@@H](C(=O)O)N(C(=O)C(C)C2CCCCO2)[C@H]1c1ccccc1. The molecule has 2 fully saturated rings. The number of aliphatic carboxylic acids is 1. The van der Waals surface area contributed by atoms with E-state index in [9.17, 15) is 14.7 Å². The summed E-state index contributed by atoms with van der Waals surface area (Å²) in [6, 6.07) is 14.4. The number of nitrogens with zero attached hydrogens (tertiary/aromatic N) is 1. The molecule has 2 aromatic carbocycles. The predicted octanol–water partition coefficient (Wildman–Crippen LogP) is 6.36. The van der Waals surface area contributed by atoms with Crippen LogP contribution in [-0.2, 0) is 26.3 Å². The number of rotatable bonds is 8. The molecule has 2 unspecified atom stereocenters. The normalized spacial score (nSPS) is 25.7. The molecule has 2 heterocycles. The highest BCUT2D eigenvalue weighted by atomic mass is 16.5. The van der Waals surface area contributed by atoms with Gasteiger partial charge in [0.1, 0.15) is 11.8 Å². The van der Waals surface area contributed by atoms with Crippen LogP contribution in [0, 0.1) is 17.3 Å². The third kappa shape index (κ3) is 6.68. The molecule has 230 valence electrons. The molecule has 42 heavy (non-hydrogen) atoms. The number of hydrogen-bond acceptors (Lipinski definition) is 5. The van der Waals surface area contributed by atoms with Crippen molar-refractivity contribution in [3.05, 3.63) is 65.2 Å². The fourth-order valence-corrected chi connectivity index (χ4v) is 6.89. The Morgan fingerprint density at radius 2 is 1.76 bits per heavy atom. The van der Waals surface area contributed by atoms with Gasteiger partial charge in [-0.1, -0.05) is 90.9 Å². The molecule has 2 aliphatic heterocycles.